The van der Waals surface area contributed by atoms with Crippen LogP contribution in [0.3, 0.4) is 0 Å². The zero-order valence-corrected chi connectivity index (χ0v) is 15.6. The molecule has 1 N–H and O–H groups in total. The van der Waals surface area contributed by atoms with Crippen LogP contribution in [-0.2, 0) is 23.8 Å². The number of carboxylic acid groups (broad SMARTS) is 1. The summed E-state index contributed by atoms with van der Waals surface area (Å²) in [6, 6.07) is 11.5. The minimum absolute atomic E-state index is 0.130. The third-order valence-corrected chi connectivity index (χ3v) is 5.18. The lowest BCUT2D eigenvalue weighted by molar-refractivity contribution is -0.140. The fourth-order valence-corrected chi connectivity index (χ4v) is 3.80. The standard InChI is InChI=1S/C21H16F4O2S/c1-28-19-5-2-12(9-18(19)21(23,24)25)6-15-8-13(10-20(26)27)7-14-3-4-16(22)11-17(14)15/h2-5,7-9,11H,6,10H2,1H3,(H,26,27). The first-order valence-electron chi connectivity index (χ1n) is 8.34. The maximum atomic E-state index is 13.7. The molecule has 0 saturated carbocycles. The SMILES string of the molecule is CSc1ccc(Cc2cc(CC(=O)O)cc3ccc(F)cc23)cc1C(F)(F)F. The van der Waals surface area contributed by atoms with Gasteiger partial charge in [-0.15, -0.1) is 11.8 Å². The average molecular weight is 408 g/mol. The molecule has 28 heavy (non-hydrogen) atoms. The van der Waals surface area contributed by atoms with Gasteiger partial charge in [0, 0.05) is 4.90 Å². The highest BCUT2D eigenvalue weighted by Crippen LogP contribution is 2.37. The van der Waals surface area contributed by atoms with E-state index in [2.05, 4.69) is 0 Å². The Morgan fingerprint density at radius 2 is 1.79 bits per heavy atom. The minimum atomic E-state index is -4.48. The average Bonchev–Trinajstić information content (AvgIpc) is 2.61. The monoisotopic (exact) mass is 408 g/mol. The number of carboxylic acids is 1. The number of fused-ring (bicyclic) bond motifs is 1. The molecule has 0 aliphatic heterocycles. The van der Waals surface area contributed by atoms with Crippen molar-refractivity contribution in [1.82, 2.24) is 0 Å². The van der Waals surface area contributed by atoms with Crippen molar-refractivity contribution < 1.29 is 27.5 Å². The molecule has 0 amide bonds. The summed E-state index contributed by atoms with van der Waals surface area (Å²) < 4.78 is 53.8. The van der Waals surface area contributed by atoms with Crippen molar-refractivity contribution in [2.45, 2.75) is 23.9 Å². The molecule has 0 unspecified atom stereocenters. The van der Waals surface area contributed by atoms with E-state index in [1.807, 2.05) is 0 Å². The fraction of sp³-hybridized carbons (Fsp3) is 0.190. The lowest BCUT2D eigenvalue weighted by Crippen LogP contribution is -2.08. The number of hydrogen-bond acceptors (Lipinski definition) is 2. The van der Waals surface area contributed by atoms with Crippen molar-refractivity contribution in [2.75, 3.05) is 6.26 Å². The van der Waals surface area contributed by atoms with Crippen LogP contribution in [0, 0.1) is 5.82 Å². The number of thioether (sulfide) groups is 1. The van der Waals surface area contributed by atoms with Gasteiger partial charge >= 0.3 is 12.1 Å². The van der Waals surface area contributed by atoms with Crippen molar-refractivity contribution >= 4 is 28.5 Å². The van der Waals surface area contributed by atoms with E-state index in [4.69, 9.17) is 5.11 Å². The van der Waals surface area contributed by atoms with Crippen LogP contribution in [0.5, 0.6) is 0 Å². The molecule has 0 aliphatic carbocycles. The molecule has 0 bridgehead atoms. The number of aliphatic carboxylic acids is 1. The molecule has 0 spiro atoms. The number of carbonyl (C=O) groups is 1. The van der Waals surface area contributed by atoms with Crippen molar-refractivity contribution in [2.24, 2.45) is 0 Å². The summed E-state index contributed by atoms with van der Waals surface area (Å²) in [5.74, 6) is -1.48. The maximum absolute atomic E-state index is 13.7. The molecule has 3 rings (SSSR count). The van der Waals surface area contributed by atoms with Crippen LogP contribution in [0.4, 0.5) is 17.6 Å². The first kappa shape index (κ1) is 20.2. The van der Waals surface area contributed by atoms with Crippen LogP contribution >= 0.6 is 11.8 Å². The maximum Gasteiger partial charge on any atom is 0.417 e. The van der Waals surface area contributed by atoms with Crippen molar-refractivity contribution in [3.05, 3.63) is 76.6 Å². The van der Waals surface area contributed by atoms with E-state index in [1.54, 1.807) is 24.5 Å². The molecule has 3 aromatic carbocycles. The molecule has 0 saturated heterocycles. The second-order valence-electron chi connectivity index (χ2n) is 6.40. The number of rotatable bonds is 5. The van der Waals surface area contributed by atoms with Gasteiger partial charge in [-0.2, -0.15) is 13.2 Å². The molecule has 0 aromatic heterocycles. The Morgan fingerprint density at radius 1 is 1.04 bits per heavy atom. The van der Waals surface area contributed by atoms with Gasteiger partial charge in [0.25, 0.3) is 0 Å². The van der Waals surface area contributed by atoms with E-state index in [9.17, 15) is 22.4 Å². The Kier molecular flexibility index (Phi) is 5.65. The van der Waals surface area contributed by atoms with Crippen molar-refractivity contribution in [3.8, 4) is 0 Å². The zero-order valence-electron chi connectivity index (χ0n) is 14.8. The zero-order chi connectivity index (χ0) is 20.5. The third kappa shape index (κ3) is 4.47. The molecule has 2 nitrogen and oxygen atoms in total. The molecule has 0 aliphatic rings. The molecule has 0 radical (unpaired) electrons. The Hall–Kier alpha value is -2.54. The summed E-state index contributed by atoms with van der Waals surface area (Å²) in [5.41, 5.74) is 0.800. The third-order valence-electron chi connectivity index (χ3n) is 4.38. The summed E-state index contributed by atoms with van der Waals surface area (Å²) in [6.07, 6.45) is -2.99. The lowest BCUT2D eigenvalue weighted by atomic mass is 9.94. The van der Waals surface area contributed by atoms with Crippen molar-refractivity contribution in [3.63, 3.8) is 0 Å². The Balaban J connectivity index is 2.10. The van der Waals surface area contributed by atoms with Gasteiger partial charge in [0.15, 0.2) is 0 Å². The molecule has 0 atom stereocenters. The topological polar surface area (TPSA) is 37.3 Å². The van der Waals surface area contributed by atoms with Crippen LogP contribution in [0.1, 0.15) is 22.3 Å². The normalized spacial score (nSPS) is 11.8. The molecule has 0 heterocycles. The number of halogens is 4. The largest absolute Gasteiger partial charge is 0.481 e. The molecule has 0 fully saturated rings. The van der Waals surface area contributed by atoms with Gasteiger partial charge in [0.2, 0.25) is 0 Å². The molecule has 7 heteroatoms. The number of alkyl halides is 3. The van der Waals surface area contributed by atoms with E-state index in [-0.39, 0.29) is 17.7 Å². The van der Waals surface area contributed by atoms with Gasteiger partial charge in [0.1, 0.15) is 5.82 Å². The van der Waals surface area contributed by atoms with Crippen LogP contribution in [0.25, 0.3) is 10.8 Å². The summed E-state index contributed by atoms with van der Waals surface area (Å²) >= 11 is 1.02. The predicted octanol–water partition coefficient (Wildman–Crippen LogP) is 5.94. The van der Waals surface area contributed by atoms with E-state index in [0.29, 0.717) is 27.5 Å². The van der Waals surface area contributed by atoms with Crippen LogP contribution in [0.2, 0.25) is 0 Å². The Bertz CT molecular complexity index is 1040. The quantitative estimate of drug-likeness (QED) is 0.420. The molecule has 146 valence electrons. The van der Waals surface area contributed by atoms with E-state index in [0.717, 1.165) is 17.8 Å². The fourth-order valence-electron chi connectivity index (χ4n) is 3.20. The lowest BCUT2D eigenvalue weighted by Gasteiger charge is -2.14. The van der Waals surface area contributed by atoms with Gasteiger partial charge in [-0.1, -0.05) is 24.3 Å². The smallest absolute Gasteiger partial charge is 0.417 e. The van der Waals surface area contributed by atoms with Gasteiger partial charge < -0.3 is 5.11 Å². The van der Waals surface area contributed by atoms with Crippen LogP contribution < -0.4 is 0 Å². The van der Waals surface area contributed by atoms with Crippen LogP contribution in [-0.4, -0.2) is 17.3 Å². The first-order valence-corrected chi connectivity index (χ1v) is 9.57. The second-order valence-corrected chi connectivity index (χ2v) is 7.25. The van der Waals surface area contributed by atoms with Gasteiger partial charge in [-0.25, -0.2) is 4.39 Å². The van der Waals surface area contributed by atoms with E-state index in [1.165, 1.54) is 24.3 Å². The van der Waals surface area contributed by atoms with Gasteiger partial charge in [-0.05, 0) is 64.4 Å². The highest BCUT2D eigenvalue weighted by molar-refractivity contribution is 7.98. The first-order chi connectivity index (χ1) is 13.2. The van der Waals surface area contributed by atoms with Gasteiger partial charge in [0.05, 0.1) is 12.0 Å². The van der Waals surface area contributed by atoms with E-state index < -0.39 is 23.5 Å². The van der Waals surface area contributed by atoms with Crippen LogP contribution in [0.15, 0.2) is 53.4 Å². The minimum Gasteiger partial charge on any atom is -0.481 e. The number of hydrogen-bond donors (Lipinski definition) is 1. The van der Waals surface area contributed by atoms with E-state index >= 15 is 0 Å². The number of benzene rings is 3. The van der Waals surface area contributed by atoms with Crippen molar-refractivity contribution in [1.29, 1.82) is 0 Å². The molecular weight excluding hydrogens is 392 g/mol. The second kappa shape index (κ2) is 7.83. The Labute approximate surface area is 163 Å². The Morgan fingerprint density at radius 3 is 2.43 bits per heavy atom. The van der Waals surface area contributed by atoms with Gasteiger partial charge in [-0.3, -0.25) is 4.79 Å². The summed E-state index contributed by atoms with van der Waals surface area (Å²) in [5, 5.41) is 10.3. The molecule has 3 aromatic rings. The highest BCUT2D eigenvalue weighted by atomic mass is 32.2. The summed E-state index contributed by atoms with van der Waals surface area (Å²) in [6.45, 7) is 0. The summed E-state index contributed by atoms with van der Waals surface area (Å²) in [7, 11) is 0. The highest BCUT2D eigenvalue weighted by Gasteiger charge is 2.33. The predicted molar refractivity (Wildman–Crippen MR) is 101 cm³/mol. The molecular formula is C21H16F4O2S. The summed E-state index contributed by atoms with van der Waals surface area (Å²) in [4.78, 5) is 11.2.